The molecule has 0 fully saturated rings. The Balaban J connectivity index is 2.12. The smallest absolute Gasteiger partial charge is 0.138 e. The molecule has 0 unspecified atom stereocenters. The van der Waals surface area contributed by atoms with Crippen molar-refractivity contribution < 1.29 is 0 Å². The Kier molecular flexibility index (Phi) is 4.40. The lowest BCUT2D eigenvalue weighted by atomic mass is 9.96. The van der Waals surface area contributed by atoms with Crippen LogP contribution in [0.3, 0.4) is 0 Å². The number of nitrogens with two attached hydrogens (primary N) is 1. The Morgan fingerprint density at radius 1 is 1.19 bits per heavy atom. The van der Waals surface area contributed by atoms with Gasteiger partial charge in [-0.05, 0) is 12.1 Å². The van der Waals surface area contributed by atoms with E-state index in [1.54, 1.807) is 0 Å². The summed E-state index contributed by atoms with van der Waals surface area (Å²) in [4.78, 5) is 15.4. The molecule has 0 spiro atoms. The van der Waals surface area contributed by atoms with Gasteiger partial charge in [-0.1, -0.05) is 26.8 Å². The van der Waals surface area contributed by atoms with Gasteiger partial charge in [0.1, 0.15) is 17.5 Å². The maximum Gasteiger partial charge on any atom is 0.138 e. The van der Waals surface area contributed by atoms with Gasteiger partial charge in [-0.25, -0.2) is 9.97 Å². The molecular weight excluding hydrogens is 262 g/mol. The quantitative estimate of drug-likeness (QED) is 0.934. The van der Waals surface area contributed by atoms with Crippen LogP contribution in [0, 0.1) is 0 Å². The number of anilines is 2. The minimum absolute atomic E-state index is 0.119. The molecule has 5 heteroatoms. The van der Waals surface area contributed by atoms with E-state index in [0.717, 1.165) is 30.3 Å². The first-order chi connectivity index (χ1) is 9.86. The van der Waals surface area contributed by atoms with Crippen molar-refractivity contribution in [3.63, 3.8) is 0 Å². The predicted molar refractivity (Wildman–Crippen MR) is 86.4 cm³/mol. The van der Waals surface area contributed by atoms with Crippen molar-refractivity contribution in [2.24, 2.45) is 0 Å². The summed E-state index contributed by atoms with van der Waals surface area (Å²) in [6, 6.07) is 7.77. The number of likely N-dealkylation sites (N-methyl/N-ethyl adjacent to an activating group) is 1. The first-order valence-electron chi connectivity index (χ1n) is 7.12. The normalized spacial score (nSPS) is 11.4. The number of hydrogen-bond donors (Lipinski definition) is 1. The number of nitrogen functional groups attached to an aromatic ring is 1. The maximum absolute atomic E-state index is 5.91. The molecule has 0 bridgehead atoms. The largest absolute Gasteiger partial charge is 0.384 e. The van der Waals surface area contributed by atoms with E-state index in [4.69, 9.17) is 5.73 Å². The van der Waals surface area contributed by atoms with Crippen molar-refractivity contribution in [3.8, 4) is 0 Å². The molecule has 0 atom stereocenters. The van der Waals surface area contributed by atoms with Crippen LogP contribution in [0.4, 0.5) is 11.6 Å². The third-order valence-electron chi connectivity index (χ3n) is 3.22. The molecule has 0 aromatic carbocycles. The number of pyridine rings is 1. The zero-order valence-corrected chi connectivity index (χ0v) is 13.2. The summed E-state index contributed by atoms with van der Waals surface area (Å²) in [5.41, 5.74) is 6.86. The third kappa shape index (κ3) is 4.15. The van der Waals surface area contributed by atoms with Crippen molar-refractivity contribution in [3.05, 3.63) is 42.0 Å². The highest BCUT2D eigenvalue weighted by atomic mass is 15.2. The van der Waals surface area contributed by atoms with Crippen molar-refractivity contribution in [2.75, 3.05) is 24.2 Å². The fourth-order valence-electron chi connectivity index (χ4n) is 1.93. The van der Waals surface area contributed by atoms with E-state index >= 15 is 0 Å². The highest BCUT2D eigenvalue weighted by Crippen LogP contribution is 2.22. The first kappa shape index (κ1) is 15.2. The van der Waals surface area contributed by atoms with Gasteiger partial charge in [-0.3, -0.25) is 4.98 Å². The number of nitrogens with zero attached hydrogens (tertiary/aromatic N) is 4. The molecule has 112 valence electrons. The van der Waals surface area contributed by atoms with Gasteiger partial charge < -0.3 is 10.6 Å². The van der Waals surface area contributed by atoms with E-state index in [9.17, 15) is 0 Å². The average molecular weight is 285 g/mol. The van der Waals surface area contributed by atoms with Gasteiger partial charge in [-0.15, -0.1) is 0 Å². The monoisotopic (exact) mass is 285 g/mol. The summed E-state index contributed by atoms with van der Waals surface area (Å²) in [5, 5.41) is 0. The van der Waals surface area contributed by atoms with Gasteiger partial charge in [0.05, 0.1) is 0 Å². The van der Waals surface area contributed by atoms with Gasteiger partial charge in [0.15, 0.2) is 0 Å². The van der Waals surface area contributed by atoms with Crippen LogP contribution in [-0.2, 0) is 11.8 Å². The predicted octanol–water partition coefficient (Wildman–Crippen LogP) is 2.43. The summed E-state index contributed by atoms with van der Waals surface area (Å²) in [7, 11) is 2.01. The first-order valence-corrected chi connectivity index (χ1v) is 7.12. The van der Waals surface area contributed by atoms with Gasteiger partial charge in [0.25, 0.3) is 0 Å². The molecule has 2 aromatic rings. The molecule has 0 radical (unpaired) electrons. The van der Waals surface area contributed by atoms with Gasteiger partial charge in [0, 0.05) is 43.4 Å². The number of aromatic nitrogens is 3. The SMILES string of the molecule is CN(CCc1ccccn1)c1cc(N)nc(C(C)(C)C)n1. The van der Waals surface area contributed by atoms with Crippen LogP contribution in [0.5, 0.6) is 0 Å². The van der Waals surface area contributed by atoms with Crippen molar-refractivity contribution in [1.82, 2.24) is 15.0 Å². The Labute approximate surface area is 126 Å². The van der Waals surface area contributed by atoms with E-state index in [0.29, 0.717) is 5.82 Å². The Morgan fingerprint density at radius 2 is 1.95 bits per heavy atom. The molecule has 2 N–H and O–H groups in total. The van der Waals surface area contributed by atoms with E-state index < -0.39 is 0 Å². The standard InChI is InChI=1S/C16H23N5/c1-16(2,3)15-19-13(17)11-14(20-15)21(4)10-8-12-7-5-6-9-18-12/h5-7,9,11H,8,10H2,1-4H3,(H2,17,19,20). The summed E-state index contributed by atoms with van der Waals surface area (Å²) >= 11 is 0. The molecule has 21 heavy (non-hydrogen) atoms. The van der Waals surface area contributed by atoms with Crippen LogP contribution < -0.4 is 10.6 Å². The van der Waals surface area contributed by atoms with Crippen molar-refractivity contribution in [2.45, 2.75) is 32.6 Å². The maximum atomic E-state index is 5.91. The van der Waals surface area contributed by atoms with Crippen LogP contribution in [0.15, 0.2) is 30.5 Å². The second kappa shape index (κ2) is 6.08. The second-order valence-electron chi connectivity index (χ2n) is 6.22. The van der Waals surface area contributed by atoms with Gasteiger partial charge in [0.2, 0.25) is 0 Å². The molecule has 0 amide bonds. The minimum Gasteiger partial charge on any atom is -0.384 e. The minimum atomic E-state index is -0.119. The highest BCUT2D eigenvalue weighted by Gasteiger charge is 2.19. The van der Waals surface area contributed by atoms with Crippen LogP contribution >= 0.6 is 0 Å². The fourth-order valence-corrected chi connectivity index (χ4v) is 1.93. The molecule has 0 aliphatic rings. The lowest BCUT2D eigenvalue weighted by Crippen LogP contribution is -2.25. The number of hydrogen-bond acceptors (Lipinski definition) is 5. The topological polar surface area (TPSA) is 67.9 Å². The Morgan fingerprint density at radius 3 is 2.57 bits per heavy atom. The Bertz CT molecular complexity index is 589. The Hall–Kier alpha value is -2.17. The zero-order valence-electron chi connectivity index (χ0n) is 13.2. The van der Waals surface area contributed by atoms with Crippen LogP contribution in [0.1, 0.15) is 32.3 Å². The average Bonchev–Trinajstić information content (AvgIpc) is 2.44. The molecule has 2 heterocycles. The van der Waals surface area contributed by atoms with Gasteiger partial charge in [-0.2, -0.15) is 0 Å². The summed E-state index contributed by atoms with van der Waals surface area (Å²) < 4.78 is 0. The van der Waals surface area contributed by atoms with E-state index in [2.05, 4.69) is 40.6 Å². The molecule has 2 rings (SSSR count). The second-order valence-corrected chi connectivity index (χ2v) is 6.22. The van der Waals surface area contributed by atoms with Gasteiger partial charge >= 0.3 is 0 Å². The molecule has 2 aromatic heterocycles. The molecule has 5 nitrogen and oxygen atoms in total. The van der Waals surface area contributed by atoms with Crippen molar-refractivity contribution >= 4 is 11.6 Å². The summed E-state index contributed by atoms with van der Waals surface area (Å²) in [6.07, 6.45) is 2.68. The summed E-state index contributed by atoms with van der Waals surface area (Å²) in [5.74, 6) is 2.13. The molecule has 0 saturated carbocycles. The molecule has 0 saturated heterocycles. The third-order valence-corrected chi connectivity index (χ3v) is 3.22. The number of rotatable bonds is 4. The van der Waals surface area contributed by atoms with Crippen LogP contribution in [0.2, 0.25) is 0 Å². The lowest BCUT2D eigenvalue weighted by Gasteiger charge is -2.22. The lowest BCUT2D eigenvalue weighted by molar-refractivity contribution is 0.545. The van der Waals surface area contributed by atoms with E-state index in [-0.39, 0.29) is 5.41 Å². The molecule has 0 aliphatic carbocycles. The van der Waals surface area contributed by atoms with Crippen LogP contribution in [0.25, 0.3) is 0 Å². The fraction of sp³-hybridized carbons (Fsp3) is 0.438. The van der Waals surface area contributed by atoms with Crippen LogP contribution in [-0.4, -0.2) is 28.5 Å². The molecule has 0 aliphatic heterocycles. The zero-order chi connectivity index (χ0) is 15.5. The molecular formula is C16H23N5. The van der Waals surface area contributed by atoms with E-state index in [1.807, 2.05) is 37.5 Å². The van der Waals surface area contributed by atoms with Crippen molar-refractivity contribution in [1.29, 1.82) is 0 Å². The van der Waals surface area contributed by atoms with E-state index in [1.165, 1.54) is 0 Å². The summed E-state index contributed by atoms with van der Waals surface area (Å²) in [6.45, 7) is 7.08. The highest BCUT2D eigenvalue weighted by molar-refractivity contribution is 5.47.